The molecule has 4 rings (SSSR count). The third-order valence-corrected chi connectivity index (χ3v) is 4.30. The van der Waals surface area contributed by atoms with Crippen LogP contribution in [0.2, 0.25) is 0 Å². The molecular weight excluding hydrogens is 302 g/mol. The summed E-state index contributed by atoms with van der Waals surface area (Å²) < 4.78 is 5.26. The van der Waals surface area contributed by atoms with Crippen molar-refractivity contribution in [3.63, 3.8) is 0 Å². The molecule has 0 saturated carbocycles. The van der Waals surface area contributed by atoms with Gasteiger partial charge >= 0.3 is 0 Å². The molecule has 1 aliphatic heterocycles. The second kappa shape index (κ2) is 6.78. The van der Waals surface area contributed by atoms with E-state index in [-0.39, 0.29) is 0 Å². The Morgan fingerprint density at radius 2 is 1.83 bits per heavy atom. The van der Waals surface area contributed by atoms with Gasteiger partial charge in [-0.2, -0.15) is 0 Å². The summed E-state index contributed by atoms with van der Waals surface area (Å²) >= 11 is 0. The zero-order chi connectivity index (χ0) is 16.2. The van der Waals surface area contributed by atoms with Crippen LogP contribution in [0.4, 0.5) is 5.95 Å². The normalized spacial score (nSPS) is 15.2. The van der Waals surface area contributed by atoms with Gasteiger partial charge in [-0.25, -0.2) is 9.97 Å². The minimum absolute atomic E-state index is 0.760. The van der Waals surface area contributed by atoms with Crippen LogP contribution in [0.15, 0.2) is 47.8 Å². The highest BCUT2D eigenvalue weighted by Gasteiger charge is 2.18. The van der Waals surface area contributed by atoms with Gasteiger partial charge in [-0.05, 0) is 18.9 Å². The second-order valence-corrected chi connectivity index (χ2v) is 5.94. The molecule has 0 aromatic carbocycles. The second-order valence-electron chi connectivity index (χ2n) is 5.94. The number of nitrogens with zero attached hydrogens (tertiary/aromatic N) is 5. The van der Waals surface area contributed by atoms with E-state index in [2.05, 4.69) is 19.9 Å². The maximum absolute atomic E-state index is 5.26. The van der Waals surface area contributed by atoms with Crippen molar-refractivity contribution in [1.82, 2.24) is 19.9 Å². The van der Waals surface area contributed by atoms with E-state index in [0.717, 1.165) is 41.6 Å². The van der Waals surface area contributed by atoms with Gasteiger partial charge in [0.2, 0.25) is 5.95 Å². The fraction of sp³-hybridized carbons (Fsp3) is 0.333. The molecular formula is C18H19N5O. The first-order valence-corrected chi connectivity index (χ1v) is 8.33. The van der Waals surface area contributed by atoms with Gasteiger partial charge in [-0.15, -0.1) is 0 Å². The van der Waals surface area contributed by atoms with E-state index in [1.165, 1.54) is 25.7 Å². The lowest BCUT2D eigenvalue weighted by molar-refractivity contribution is 0.568. The lowest BCUT2D eigenvalue weighted by Crippen LogP contribution is -2.26. The minimum Gasteiger partial charge on any atom is -0.472 e. The molecule has 0 unspecified atom stereocenters. The number of anilines is 1. The van der Waals surface area contributed by atoms with Gasteiger partial charge in [0.25, 0.3) is 0 Å². The fourth-order valence-electron chi connectivity index (χ4n) is 3.04. The molecule has 6 nitrogen and oxygen atoms in total. The van der Waals surface area contributed by atoms with E-state index in [9.17, 15) is 0 Å². The maximum Gasteiger partial charge on any atom is 0.225 e. The number of hydrogen-bond acceptors (Lipinski definition) is 6. The van der Waals surface area contributed by atoms with Gasteiger partial charge in [0.05, 0.1) is 30.1 Å². The SMILES string of the molecule is c1cnc(-c2cnc(N3CCCCCC3)nc2-c2ccoc2)cn1. The Bertz CT molecular complexity index is 780. The Hall–Kier alpha value is -2.76. The van der Waals surface area contributed by atoms with E-state index < -0.39 is 0 Å². The zero-order valence-electron chi connectivity index (χ0n) is 13.4. The van der Waals surface area contributed by atoms with Crippen molar-refractivity contribution < 1.29 is 4.42 Å². The lowest BCUT2D eigenvalue weighted by atomic mass is 10.1. The highest BCUT2D eigenvalue weighted by molar-refractivity contribution is 5.78. The summed E-state index contributed by atoms with van der Waals surface area (Å²) in [6.45, 7) is 2.02. The van der Waals surface area contributed by atoms with Crippen molar-refractivity contribution in [3.8, 4) is 22.5 Å². The van der Waals surface area contributed by atoms with Gasteiger partial charge in [-0.1, -0.05) is 12.8 Å². The Morgan fingerprint density at radius 1 is 0.958 bits per heavy atom. The van der Waals surface area contributed by atoms with Crippen molar-refractivity contribution in [2.75, 3.05) is 18.0 Å². The summed E-state index contributed by atoms with van der Waals surface area (Å²) in [6.07, 6.45) is 15.2. The van der Waals surface area contributed by atoms with Gasteiger partial charge < -0.3 is 9.32 Å². The Morgan fingerprint density at radius 3 is 2.54 bits per heavy atom. The predicted molar refractivity (Wildman–Crippen MR) is 91.4 cm³/mol. The van der Waals surface area contributed by atoms with Crippen LogP contribution >= 0.6 is 0 Å². The minimum atomic E-state index is 0.760. The predicted octanol–water partition coefficient (Wildman–Crippen LogP) is 3.57. The van der Waals surface area contributed by atoms with E-state index in [4.69, 9.17) is 9.40 Å². The number of aromatic nitrogens is 4. The smallest absolute Gasteiger partial charge is 0.225 e. The van der Waals surface area contributed by atoms with Gasteiger partial charge in [0, 0.05) is 42.8 Å². The Kier molecular flexibility index (Phi) is 4.18. The molecule has 3 aromatic rings. The number of hydrogen-bond donors (Lipinski definition) is 0. The number of furan rings is 1. The molecule has 1 saturated heterocycles. The molecule has 1 fully saturated rings. The average molecular weight is 321 g/mol. The molecule has 4 heterocycles. The highest BCUT2D eigenvalue weighted by Crippen LogP contribution is 2.30. The summed E-state index contributed by atoms with van der Waals surface area (Å²) in [4.78, 5) is 20.3. The molecule has 0 N–H and O–H groups in total. The van der Waals surface area contributed by atoms with Gasteiger partial charge in [-0.3, -0.25) is 9.97 Å². The van der Waals surface area contributed by atoms with Crippen LogP contribution in [0, 0.1) is 0 Å². The molecule has 6 heteroatoms. The van der Waals surface area contributed by atoms with Crippen molar-refractivity contribution in [1.29, 1.82) is 0 Å². The fourth-order valence-corrected chi connectivity index (χ4v) is 3.04. The Balaban J connectivity index is 1.78. The van der Waals surface area contributed by atoms with Crippen LogP contribution in [-0.4, -0.2) is 33.0 Å². The van der Waals surface area contributed by atoms with Crippen LogP contribution in [0.25, 0.3) is 22.5 Å². The molecule has 0 radical (unpaired) electrons. The van der Waals surface area contributed by atoms with Crippen molar-refractivity contribution >= 4 is 5.95 Å². The van der Waals surface area contributed by atoms with Gasteiger partial charge in [0.15, 0.2) is 0 Å². The summed E-state index contributed by atoms with van der Waals surface area (Å²) in [7, 11) is 0. The van der Waals surface area contributed by atoms with E-state index in [1.54, 1.807) is 31.1 Å². The summed E-state index contributed by atoms with van der Waals surface area (Å²) in [5, 5.41) is 0. The third-order valence-electron chi connectivity index (χ3n) is 4.30. The molecule has 0 bridgehead atoms. The van der Waals surface area contributed by atoms with Gasteiger partial charge in [0.1, 0.15) is 0 Å². The monoisotopic (exact) mass is 321 g/mol. The molecule has 0 amide bonds. The van der Waals surface area contributed by atoms with Crippen LogP contribution < -0.4 is 4.90 Å². The van der Waals surface area contributed by atoms with Crippen molar-refractivity contribution in [3.05, 3.63) is 43.4 Å². The van der Waals surface area contributed by atoms with Crippen LogP contribution in [0.5, 0.6) is 0 Å². The molecule has 1 aliphatic rings. The largest absolute Gasteiger partial charge is 0.472 e. The maximum atomic E-state index is 5.26. The standard InChI is InChI=1S/C18H19N5O/c1-2-4-9-23(8-3-1)18-21-11-15(16-12-19-6-7-20-16)17(22-18)14-5-10-24-13-14/h5-7,10-13H,1-4,8-9H2. The summed E-state index contributed by atoms with van der Waals surface area (Å²) in [5.74, 6) is 0.778. The van der Waals surface area contributed by atoms with E-state index >= 15 is 0 Å². The quantitative estimate of drug-likeness (QED) is 0.734. The first-order valence-electron chi connectivity index (χ1n) is 8.33. The molecule has 0 spiro atoms. The zero-order valence-corrected chi connectivity index (χ0v) is 13.4. The summed E-state index contributed by atoms with van der Waals surface area (Å²) in [5.41, 5.74) is 3.38. The highest BCUT2D eigenvalue weighted by atomic mass is 16.3. The number of rotatable bonds is 3. The Labute approximate surface area is 140 Å². The third kappa shape index (κ3) is 2.99. The molecule has 122 valence electrons. The first kappa shape index (κ1) is 14.8. The topological polar surface area (TPSA) is 67.9 Å². The molecule has 24 heavy (non-hydrogen) atoms. The van der Waals surface area contributed by atoms with Crippen molar-refractivity contribution in [2.45, 2.75) is 25.7 Å². The average Bonchev–Trinajstić information content (AvgIpc) is 3.04. The van der Waals surface area contributed by atoms with E-state index in [0.29, 0.717) is 0 Å². The first-order chi connectivity index (χ1) is 11.9. The lowest BCUT2D eigenvalue weighted by Gasteiger charge is -2.21. The van der Waals surface area contributed by atoms with Crippen LogP contribution in [0.1, 0.15) is 25.7 Å². The molecule has 0 aliphatic carbocycles. The summed E-state index contributed by atoms with van der Waals surface area (Å²) in [6, 6.07) is 1.91. The van der Waals surface area contributed by atoms with Crippen LogP contribution in [0.3, 0.4) is 0 Å². The van der Waals surface area contributed by atoms with E-state index in [1.807, 2.05) is 12.3 Å². The van der Waals surface area contributed by atoms with Crippen LogP contribution in [-0.2, 0) is 0 Å². The molecule has 3 aromatic heterocycles. The molecule has 0 atom stereocenters. The van der Waals surface area contributed by atoms with Crippen molar-refractivity contribution in [2.24, 2.45) is 0 Å².